The zero-order valence-corrected chi connectivity index (χ0v) is 26.4. The molecule has 6 nitrogen and oxygen atoms in total. The molecule has 2 aromatic heterocycles. The fraction of sp³-hybridized carbons (Fsp3) is 0.343. The SMILES string of the molecule is Cc1ncsc1-c1ccc([C@@H](N)CCN2CCC(c3cccc4c3C(C)(C)c3nc(=O)c5c(Cl)cccc5n3-4)CC2)cc1. The zero-order chi connectivity index (χ0) is 29.9. The van der Waals surface area contributed by atoms with Crippen LogP contribution in [0.25, 0.3) is 27.0 Å². The summed E-state index contributed by atoms with van der Waals surface area (Å²) in [6.45, 7) is 9.53. The Labute approximate surface area is 261 Å². The number of thiazole rings is 1. The average molecular weight is 610 g/mol. The number of hydrogen-bond acceptors (Lipinski definition) is 6. The molecule has 43 heavy (non-hydrogen) atoms. The van der Waals surface area contributed by atoms with Gasteiger partial charge in [-0.2, -0.15) is 4.98 Å². The molecule has 5 aromatic rings. The van der Waals surface area contributed by atoms with Crippen molar-refractivity contribution in [3.8, 4) is 16.1 Å². The molecule has 0 spiro atoms. The molecule has 0 amide bonds. The number of benzene rings is 3. The summed E-state index contributed by atoms with van der Waals surface area (Å²) in [6.07, 6.45) is 3.12. The molecule has 0 saturated carbocycles. The highest BCUT2D eigenvalue weighted by Crippen LogP contribution is 2.47. The summed E-state index contributed by atoms with van der Waals surface area (Å²) in [4.78, 5) is 25.8. The lowest BCUT2D eigenvalue weighted by molar-refractivity contribution is 0.205. The molecule has 3 aromatic carbocycles. The van der Waals surface area contributed by atoms with Gasteiger partial charge in [-0.3, -0.25) is 9.36 Å². The van der Waals surface area contributed by atoms with E-state index in [-0.39, 0.29) is 17.0 Å². The van der Waals surface area contributed by atoms with Crippen LogP contribution in [0.2, 0.25) is 5.02 Å². The standard InChI is InChI=1S/C35H36ClN5OS/c1-21-32(43-20-38-21)24-12-10-23(11-13-24)27(37)16-19-40-17-14-22(15-18-40)25-6-4-9-29-31(25)35(2,3)34-39-33(42)30-26(36)7-5-8-28(30)41(29)34/h4-13,20,22,27H,14-19,37H2,1-3H3/t27-/m0/s1. The second-order valence-electron chi connectivity index (χ2n) is 12.5. The van der Waals surface area contributed by atoms with Gasteiger partial charge in [0.15, 0.2) is 0 Å². The molecule has 2 N–H and O–H groups in total. The summed E-state index contributed by atoms with van der Waals surface area (Å²) in [7, 11) is 0. The minimum atomic E-state index is -0.389. The van der Waals surface area contributed by atoms with Gasteiger partial charge in [-0.05, 0) is 106 Å². The number of nitrogens with zero attached hydrogens (tertiary/aromatic N) is 4. The molecule has 0 aliphatic carbocycles. The number of likely N-dealkylation sites (tertiary alicyclic amines) is 1. The van der Waals surface area contributed by atoms with Crippen LogP contribution in [-0.2, 0) is 5.41 Å². The fourth-order valence-electron chi connectivity index (χ4n) is 7.18. The second kappa shape index (κ2) is 11.0. The Hall–Kier alpha value is -3.36. The highest BCUT2D eigenvalue weighted by Gasteiger charge is 2.41. The van der Waals surface area contributed by atoms with Crippen LogP contribution in [-0.4, -0.2) is 39.1 Å². The van der Waals surface area contributed by atoms with Crippen molar-refractivity contribution in [1.29, 1.82) is 0 Å². The van der Waals surface area contributed by atoms with Crippen molar-refractivity contribution in [2.45, 2.75) is 57.4 Å². The maximum Gasteiger partial charge on any atom is 0.282 e. The van der Waals surface area contributed by atoms with E-state index in [9.17, 15) is 4.79 Å². The highest BCUT2D eigenvalue weighted by molar-refractivity contribution is 7.13. The van der Waals surface area contributed by atoms with Crippen molar-refractivity contribution >= 4 is 33.8 Å². The van der Waals surface area contributed by atoms with Crippen LogP contribution >= 0.6 is 22.9 Å². The van der Waals surface area contributed by atoms with E-state index < -0.39 is 0 Å². The zero-order valence-electron chi connectivity index (χ0n) is 24.8. The summed E-state index contributed by atoms with van der Waals surface area (Å²) in [5.41, 5.74) is 16.0. The number of hydrogen-bond donors (Lipinski definition) is 1. The predicted octanol–water partition coefficient (Wildman–Crippen LogP) is 7.38. The van der Waals surface area contributed by atoms with Crippen LogP contribution in [0, 0.1) is 6.92 Å². The summed E-state index contributed by atoms with van der Waals surface area (Å²) in [6, 6.07) is 20.9. The number of aromatic nitrogens is 3. The third kappa shape index (κ3) is 4.83. The van der Waals surface area contributed by atoms with Crippen LogP contribution in [0.3, 0.4) is 0 Å². The van der Waals surface area contributed by atoms with E-state index in [0.717, 1.165) is 61.6 Å². The van der Waals surface area contributed by atoms with E-state index in [0.29, 0.717) is 16.3 Å². The monoisotopic (exact) mass is 609 g/mol. The van der Waals surface area contributed by atoms with E-state index in [2.05, 4.69) is 82.7 Å². The van der Waals surface area contributed by atoms with Gasteiger partial charge in [-0.25, -0.2) is 4.98 Å². The normalized spacial score (nSPS) is 17.2. The van der Waals surface area contributed by atoms with Crippen molar-refractivity contribution in [3.05, 3.63) is 110 Å². The smallest absolute Gasteiger partial charge is 0.282 e. The van der Waals surface area contributed by atoms with Gasteiger partial charge in [0.25, 0.3) is 5.56 Å². The summed E-state index contributed by atoms with van der Waals surface area (Å²) >= 11 is 8.15. The van der Waals surface area contributed by atoms with Crippen LogP contribution < -0.4 is 11.3 Å². The number of fused-ring (bicyclic) bond motifs is 5. The van der Waals surface area contributed by atoms with E-state index >= 15 is 0 Å². The summed E-state index contributed by atoms with van der Waals surface area (Å²) in [5.74, 6) is 1.25. The van der Waals surface area contributed by atoms with Crippen LogP contribution in [0.1, 0.15) is 73.3 Å². The van der Waals surface area contributed by atoms with Crippen molar-refractivity contribution in [2.24, 2.45) is 5.73 Å². The Morgan fingerprint density at radius 2 is 1.81 bits per heavy atom. The van der Waals surface area contributed by atoms with Crippen molar-refractivity contribution in [3.63, 3.8) is 0 Å². The number of aryl methyl sites for hydroxylation is 1. The lowest BCUT2D eigenvalue weighted by Gasteiger charge is -2.34. The first-order chi connectivity index (χ1) is 20.7. The topological polar surface area (TPSA) is 77.0 Å². The van der Waals surface area contributed by atoms with Crippen LogP contribution in [0.4, 0.5) is 0 Å². The average Bonchev–Trinajstić information content (AvgIpc) is 3.54. The molecule has 8 heteroatoms. The molecule has 220 valence electrons. The number of piperidine rings is 1. The lowest BCUT2D eigenvalue weighted by Crippen LogP contribution is -2.35. The molecule has 0 bridgehead atoms. The first-order valence-electron chi connectivity index (χ1n) is 15.1. The first kappa shape index (κ1) is 28.4. The molecule has 1 saturated heterocycles. The van der Waals surface area contributed by atoms with E-state index in [1.165, 1.54) is 27.1 Å². The molecule has 2 aliphatic rings. The van der Waals surface area contributed by atoms with Crippen LogP contribution in [0.15, 0.2) is 71.0 Å². The maximum atomic E-state index is 13.1. The maximum absolute atomic E-state index is 13.1. The Morgan fingerprint density at radius 1 is 1.07 bits per heavy atom. The van der Waals surface area contributed by atoms with Gasteiger partial charge in [0.1, 0.15) is 5.82 Å². The van der Waals surface area contributed by atoms with Gasteiger partial charge in [-0.1, -0.05) is 54.1 Å². The summed E-state index contributed by atoms with van der Waals surface area (Å²) < 4.78 is 2.16. The van der Waals surface area contributed by atoms with E-state index in [1.807, 2.05) is 17.6 Å². The molecular weight excluding hydrogens is 574 g/mol. The molecule has 1 atom stereocenters. The minimum Gasteiger partial charge on any atom is -0.324 e. The molecule has 1 fully saturated rings. The van der Waals surface area contributed by atoms with Crippen molar-refractivity contribution in [1.82, 2.24) is 19.4 Å². The third-order valence-electron chi connectivity index (χ3n) is 9.50. The van der Waals surface area contributed by atoms with E-state index in [1.54, 1.807) is 17.4 Å². The van der Waals surface area contributed by atoms with Gasteiger partial charge in [0.05, 0.1) is 43.1 Å². The Balaban J connectivity index is 1.06. The largest absolute Gasteiger partial charge is 0.324 e. The fourth-order valence-corrected chi connectivity index (χ4v) is 8.25. The van der Waals surface area contributed by atoms with Crippen molar-refractivity contribution < 1.29 is 0 Å². The molecular formula is C35H36ClN5OS. The van der Waals surface area contributed by atoms with Gasteiger partial charge in [0, 0.05) is 6.04 Å². The molecule has 0 radical (unpaired) electrons. The molecule has 4 heterocycles. The molecule has 0 unspecified atom stereocenters. The molecule has 2 aliphatic heterocycles. The predicted molar refractivity (Wildman–Crippen MR) is 177 cm³/mol. The lowest BCUT2D eigenvalue weighted by atomic mass is 9.77. The van der Waals surface area contributed by atoms with Gasteiger partial charge < -0.3 is 10.6 Å². The number of halogens is 1. The first-order valence-corrected chi connectivity index (χ1v) is 16.3. The quantitative estimate of drug-likeness (QED) is 0.217. The summed E-state index contributed by atoms with van der Waals surface area (Å²) in [5, 5.41) is 0.933. The Kier molecular flexibility index (Phi) is 7.25. The Bertz CT molecular complexity index is 1890. The minimum absolute atomic E-state index is 0.0183. The Morgan fingerprint density at radius 3 is 2.53 bits per heavy atom. The van der Waals surface area contributed by atoms with Gasteiger partial charge in [0.2, 0.25) is 0 Å². The highest BCUT2D eigenvalue weighted by atomic mass is 35.5. The molecule has 7 rings (SSSR count). The number of nitrogens with two attached hydrogens (primary N) is 1. The second-order valence-corrected chi connectivity index (χ2v) is 13.7. The number of rotatable bonds is 6. The third-order valence-corrected chi connectivity index (χ3v) is 10.8. The van der Waals surface area contributed by atoms with Gasteiger partial charge >= 0.3 is 0 Å². The van der Waals surface area contributed by atoms with Gasteiger partial charge in [-0.15, -0.1) is 11.3 Å². The van der Waals surface area contributed by atoms with E-state index in [4.69, 9.17) is 17.3 Å². The van der Waals surface area contributed by atoms with Crippen LogP contribution in [0.5, 0.6) is 0 Å². The van der Waals surface area contributed by atoms with Crippen molar-refractivity contribution in [2.75, 3.05) is 19.6 Å².